The van der Waals surface area contributed by atoms with Crippen LogP contribution in [0.2, 0.25) is 0 Å². The minimum absolute atomic E-state index is 0.386. The topological polar surface area (TPSA) is 29.3 Å². The summed E-state index contributed by atoms with van der Waals surface area (Å²) >= 11 is 0. The third kappa shape index (κ3) is 1.64. The molecule has 1 heterocycles. The van der Waals surface area contributed by atoms with Gasteiger partial charge < -0.3 is 5.73 Å². The average molecular weight is 170 g/mol. The van der Waals surface area contributed by atoms with Crippen molar-refractivity contribution < 1.29 is 0 Å². The Balaban J connectivity index is 2.60. The molecule has 3 unspecified atom stereocenters. The molecule has 12 heavy (non-hydrogen) atoms. The first kappa shape index (κ1) is 10.0. The minimum Gasteiger partial charge on any atom is -0.326 e. The Morgan fingerprint density at radius 1 is 1.50 bits per heavy atom. The number of rotatable bonds is 2. The normalized spacial score (nSPS) is 38.0. The number of likely N-dealkylation sites (tertiary alicyclic amines) is 1. The number of nitrogens with zero attached hydrogens (tertiary/aromatic N) is 1. The minimum atomic E-state index is 0.386. The molecule has 2 heteroatoms. The van der Waals surface area contributed by atoms with Gasteiger partial charge in [-0.15, -0.1) is 0 Å². The Bertz CT molecular complexity index is 145. The van der Waals surface area contributed by atoms with E-state index in [2.05, 4.69) is 32.6 Å². The zero-order valence-electron chi connectivity index (χ0n) is 8.75. The van der Waals surface area contributed by atoms with Gasteiger partial charge in [-0.1, -0.05) is 13.3 Å². The van der Waals surface area contributed by atoms with Crippen molar-refractivity contribution in [2.24, 2.45) is 11.7 Å². The van der Waals surface area contributed by atoms with E-state index in [1.807, 2.05) is 0 Å². The van der Waals surface area contributed by atoms with Crippen LogP contribution in [0.15, 0.2) is 0 Å². The van der Waals surface area contributed by atoms with Gasteiger partial charge in [-0.05, 0) is 26.7 Å². The maximum atomic E-state index is 6.12. The average Bonchev–Trinajstić information content (AvgIpc) is 2.30. The van der Waals surface area contributed by atoms with Crippen LogP contribution >= 0.6 is 0 Å². The maximum Gasteiger partial charge on any atom is 0.0235 e. The van der Waals surface area contributed by atoms with Crippen molar-refractivity contribution in [1.29, 1.82) is 0 Å². The van der Waals surface area contributed by atoms with E-state index in [0.29, 0.717) is 24.0 Å². The van der Waals surface area contributed by atoms with Crippen molar-refractivity contribution in [3.63, 3.8) is 0 Å². The van der Waals surface area contributed by atoms with Crippen LogP contribution in [0.25, 0.3) is 0 Å². The molecule has 1 aliphatic heterocycles. The summed E-state index contributed by atoms with van der Waals surface area (Å²) in [6, 6.07) is 1.59. The second-order valence-electron chi connectivity index (χ2n) is 4.28. The molecular weight excluding hydrogens is 148 g/mol. The van der Waals surface area contributed by atoms with Crippen molar-refractivity contribution in [3.8, 4) is 0 Å². The molecule has 0 aromatic heterocycles. The molecule has 0 bridgehead atoms. The second kappa shape index (κ2) is 3.75. The van der Waals surface area contributed by atoms with Gasteiger partial charge in [-0.25, -0.2) is 0 Å². The first-order valence-electron chi connectivity index (χ1n) is 5.09. The van der Waals surface area contributed by atoms with Crippen LogP contribution < -0.4 is 5.73 Å². The second-order valence-corrected chi connectivity index (χ2v) is 4.28. The van der Waals surface area contributed by atoms with E-state index in [1.165, 1.54) is 13.0 Å². The molecule has 1 fully saturated rings. The fourth-order valence-corrected chi connectivity index (χ4v) is 2.26. The van der Waals surface area contributed by atoms with E-state index in [0.717, 1.165) is 0 Å². The largest absolute Gasteiger partial charge is 0.326 e. The highest BCUT2D eigenvalue weighted by atomic mass is 15.2. The fourth-order valence-electron chi connectivity index (χ4n) is 2.26. The van der Waals surface area contributed by atoms with Crippen molar-refractivity contribution in [2.75, 3.05) is 6.54 Å². The van der Waals surface area contributed by atoms with Crippen LogP contribution in [0, 0.1) is 5.92 Å². The smallest absolute Gasteiger partial charge is 0.0235 e. The Hall–Kier alpha value is -0.0800. The summed E-state index contributed by atoms with van der Waals surface area (Å²) in [4.78, 5) is 2.51. The van der Waals surface area contributed by atoms with Gasteiger partial charge in [0, 0.05) is 24.7 Å². The lowest BCUT2D eigenvalue weighted by atomic mass is 9.98. The summed E-state index contributed by atoms with van der Waals surface area (Å²) in [5, 5.41) is 0. The molecule has 0 saturated carbocycles. The van der Waals surface area contributed by atoms with Crippen molar-refractivity contribution in [2.45, 2.75) is 52.2 Å². The van der Waals surface area contributed by atoms with E-state index in [-0.39, 0.29) is 0 Å². The standard InChI is InChI=1S/C10H22N2/c1-5-9-6-12(7(2)3)8(4)10(9)11/h7-10H,5-6,11H2,1-4H3. The number of hydrogen-bond acceptors (Lipinski definition) is 2. The predicted octanol–water partition coefficient (Wildman–Crippen LogP) is 1.45. The lowest BCUT2D eigenvalue weighted by Gasteiger charge is -2.26. The van der Waals surface area contributed by atoms with Crippen molar-refractivity contribution in [3.05, 3.63) is 0 Å². The first-order chi connectivity index (χ1) is 5.57. The predicted molar refractivity (Wildman–Crippen MR) is 53.1 cm³/mol. The van der Waals surface area contributed by atoms with Crippen LogP contribution in [-0.4, -0.2) is 29.6 Å². The van der Waals surface area contributed by atoms with Gasteiger partial charge in [0.25, 0.3) is 0 Å². The molecule has 1 aliphatic rings. The van der Waals surface area contributed by atoms with Gasteiger partial charge >= 0.3 is 0 Å². The molecule has 2 nitrogen and oxygen atoms in total. The van der Waals surface area contributed by atoms with Gasteiger partial charge in [0.2, 0.25) is 0 Å². The quantitative estimate of drug-likeness (QED) is 0.679. The maximum absolute atomic E-state index is 6.12. The SMILES string of the molecule is CCC1CN(C(C)C)C(C)C1N. The van der Waals surface area contributed by atoms with Gasteiger partial charge in [0.05, 0.1) is 0 Å². The Kier molecular flexibility index (Phi) is 3.13. The molecule has 1 saturated heterocycles. The van der Waals surface area contributed by atoms with Gasteiger partial charge in [0.1, 0.15) is 0 Å². The highest BCUT2D eigenvalue weighted by Gasteiger charge is 2.36. The summed E-state index contributed by atoms with van der Waals surface area (Å²) in [5.41, 5.74) is 6.12. The molecule has 72 valence electrons. The molecule has 0 radical (unpaired) electrons. The van der Waals surface area contributed by atoms with E-state index in [4.69, 9.17) is 5.73 Å². The van der Waals surface area contributed by atoms with Crippen LogP contribution in [0.5, 0.6) is 0 Å². The molecule has 0 amide bonds. The zero-order chi connectivity index (χ0) is 9.30. The fraction of sp³-hybridized carbons (Fsp3) is 1.00. The lowest BCUT2D eigenvalue weighted by molar-refractivity contribution is 0.207. The van der Waals surface area contributed by atoms with E-state index in [9.17, 15) is 0 Å². The molecule has 1 rings (SSSR count). The summed E-state index contributed by atoms with van der Waals surface area (Å²) in [7, 11) is 0. The van der Waals surface area contributed by atoms with Gasteiger partial charge in [-0.2, -0.15) is 0 Å². The summed E-state index contributed by atoms with van der Waals surface area (Å²) < 4.78 is 0. The van der Waals surface area contributed by atoms with Gasteiger partial charge in [0.15, 0.2) is 0 Å². The van der Waals surface area contributed by atoms with E-state index < -0.39 is 0 Å². The van der Waals surface area contributed by atoms with E-state index in [1.54, 1.807) is 0 Å². The van der Waals surface area contributed by atoms with Crippen molar-refractivity contribution >= 4 is 0 Å². The monoisotopic (exact) mass is 170 g/mol. The van der Waals surface area contributed by atoms with Crippen LogP contribution in [0.3, 0.4) is 0 Å². The number of nitrogens with two attached hydrogens (primary N) is 1. The molecule has 0 spiro atoms. The highest BCUT2D eigenvalue weighted by molar-refractivity contribution is 4.93. The number of hydrogen-bond donors (Lipinski definition) is 1. The van der Waals surface area contributed by atoms with Crippen LogP contribution in [0.1, 0.15) is 34.1 Å². The third-order valence-electron chi connectivity index (χ3n) is 3.26. The lowest BCUT2D eigenvalue weighted by Crippen LogP contribution is -2.41. The highest BCUT2D eigenvalue weighted by Crippen LogP contribution is 2.25. The molecule has 0 aliphatic carbocycles. The first-order valence-corrected chi connectivity index (χ1v) is 5.09. The Labute approximate surface area is 76.1 Å². The molecule has 2 N–H and O–H groups in total. The summed E-state index contributed by atoms with van der Waals surface area (Å²) in [6.45, 7) is 10.2. The third-order valence-corrected chi connectivity index (χ3v) is 3.26. The summed E-state index contributed by atoms with van der Waals surface area (Å²) in [6.07, 6.45) is 1.22. The van der Waals surface area contributed by atoms with Gasteiger partial charge in [-0.3, -0.25) is 4.90 Å². The Morgan fingerprint density at radius 3 is 2.33 bits per heavy atom. The van der Waals surface area contributed by atoms with E-state index >= 15 is 0 Å². The molecule has 0 aromatic rings. The zero-order valence-corrected chi connectivity index (χ0v) is 8.75. The van der Waals surface area contributed by atoms with Crippen LogP contribution in [-0.2, 0) is 0 Å². The molecule has 0 aromatic carbocycles. The van der Waals surface area contributed by atoms with Crippen molar-refractivity contribution in [1.82, 2.24) is 4.90 Å². The molecule has 3 atom stereocenters. The molecular formula is C10H22N2. The Morgan fingerprint density at radius 2 is 2.08 bits per heavy atom. The summed E-state index contributed by atoms with van der Waals surface area (Å²) in [5.74, 6) is 0.711. The van der Waals surface area contributed by atoms with Crippen LogP contribution in [0.4, 0.5) is 0 Å².